The molecule has 16 heavy (non-hydrogen) atoms. The number of hydrogen-bond donors (Lipinski definition) is 1. The highest BCUT2D eigenvalue weighted by atomic mass is 35.5. The molecular weight excluding hydrogens is 225 g/mol. The monoisotopic (exact) mass is 241 g/mol. The molecule has 0 radical (unpaired) electrons. The van der Waals surface area contributed by atoms with E-state index in [1.807, 2.05) is 6.07 Å². The lowest BCUT2D eigenvalue weighted by Crippen LogP contribution is -2.24. The van der Waals surface area contributed by atoms with Crippen LogP contribution >= 0.6 is 11.6 Å². The van der Waals surface area contributed by atoms with Crippen LogP contribution in [-0.4, -0.2) is 5.54 Å². The summed E-state index contributed by atoms with van der Waals surface area (Å²) in [5.41, 5.74) is 6.27. The van der Waals surface area contributed by atoms with E-state index in [1.165, 1.54) is 13.8 Å². The third kappa shape index (κ3) is 2.55. The van der Waals surface area contributed by atoms with Crippen LogP contribution < -0.4 is 5.73 Å². The number of rotatable bonds is 3. The van der Waals surface area contributed by atoms with Crippen molar-refractivity contribution in [2.75, 3.05) is 0 Å². The number of benzene rings is 1. The van der Waals surface area contributed by atoms with Gasteiger partial charge in [0.05, 0.1) is 0 Å². The fourth-order valence-corrected chi connectivity index (χ4v) is 2.02. The van der Waals surface area contributed by atoms with E-state index in [0.29, 0.717) is 10.6 Å². The van der Waals surface area contributed by atoms with Gasteiger partial charge >= 0.3 is 0 Å². The summed E-state index contributed by atoms with van der Waals surface area (Å²) in [6.07, 6.45) is 2.90. The minimum absolute atomic E-state index is 0.0591. The van der Waals surface area contributed by atoms with Crippen LogP contribution in [0, 0.1) is 0 Å². The Morgan fingerprint density at radius 2 is 2.06 bits per heavy atom. The highest BCUT2D eigenvalue weighted by molar-refractivity contribution is 6.31. The van der Waals surface area contributed by atoms with Crippen LogP contribution in [-0.2, 0) is 12.1 Å². The minimum atomic E-state index is -1.35. The number of hydrogen-bond acceptors (Lipinski definition) is 1. The van der Waals surface area contributed by atoms with Crippen LogP contribution in [0.25, 0.3) is 0 Å². The van der Waals surface area contributed by atoms with Crippen LogP contribution in [0.4, 0.5) is 4.39 Å². The van der Waals surface area contributed by atoms with Crippen molar-refractivity contribution in [2.24, 2.45) is 5.73 Å². The predicted molar refractivity (Wildman–Crippen MR) is 65.4 cm³/mol. The second-order valence-corrected chi connectivity index (χ2v) is 5.72. The van der Waals surface area contributed by atoms with E-state index < -0.39 is 5.67 Å². The normalized spacial score (nSPS) is 18.6. The Morgan fingerprint density at radius 3 is 2.50 bits per heavy atom. The van der Waals surface area contributed by atoms with Gasteiger partial charge in [-0.25, -0.2) is 4.39 Å². The molecule has 0 unspecified atom stereocenters. The Bertz CT molecular complexity index is 405. The molecule has 0 amide bonds. The molecule has 0 saturated heterocycles. The maximum Gasteiger partial charge on any atom is 0.130 e. The Hall–Kier alpha value is -0.600. The average Bonchev–Trinajstić information content (AvgIpc) is 2.86. The van der Waals surface area contributed by atoms with Gasteiger partial charge in [-0.2, -0.15) is 0 Å². The smallest absolute Gasteiger partial charge is 0.130 e. The van der Waals surface area contributed by atoms with Crippen molar-refractivity contribution in [1.82, 2.24) is 0 Å². The van der Waals surface area contributed by atoms with E-state index >= 15 is 0 Å². The molecule has 1 aliphatic rings. The van der Waals surface area contributed by atoms with Gasteiger partial charge in [0.15, 0.2) is 0 Å². The summed E-state index contributed by atoms with van der Waals surface area (Å²) in [5.74, 6) is 0. The lowest BCUT2D eigenvalue weighted by atomic mass is 9.96. The highest BCUT2D eigenvalue weighted by Gasteiger charge is 2.38. The van der Waals surface area contributed by atoms with Crippen molar-refractivity contribution in [3.8, 4) is 0 Å². The van der Waals surface area contributed by atoms with Crippen molar-refractivity contribution < 1.29 is 4.39 Å². The van der Waals surface area contributed by atoms with Gasteiger partial charge in [-0.15, -0.1) is 0 Å². The molecule has 0 aromatic heterocycles. The van der Waals surface area contributed by atoms with Crippen LogP contribution in [0.3, 0.4) is 0 Å². The second-order valence-electron chi connectivity index (χ2n) is 5.32. The molecule has 0 heterocycles. The molecule has 0 bridgehead atoms. The summed E-state index contributed by atoms with van der Waals surface area (Å²) in [6, 6.07) is 5.40. The quantitative estimate of drug-likeness (QED) is 0.860. The van der Waals surface area contributed by atoms with E-state index in [2.05, 4.69) is 0 Å². The maximum absolute atomic E-state index is 13.7. The van der Waals surface area contributed by atoms with Crippen molar-refractivity contribution in [3.05, 3.63) is 34.3 Å². The molecule has 1 nitrogen and oxygen atoms in total. The topological polar surface area (TPSA) is 26.0 Å². The molecule has 0 spiro atoms. The molecule has 1 saturated carbocycles. The Kier molecular flexibility index (Phi) is 2.75. The standard InChI is InChI=1S/C13H17ClFN/c1-12(2,15)10-4-3-9(11(14)7-10)8-13(16)5-6-13/h3-4,7H,5-6,8,16H2,1-2H3. The first-order valence-corrected chi connectivity index (χ1v) is 5.95. The summed E-state index contributed by atoms with van der Waals surface area (Å²) in [7, 11) is 0. The van der Waals surface area contributed by atoms with Crippen molar-refractivity contribution in [3.63, 3.8) is 0 Å². The summed E-state index contributed by atoms with van der Waals surface area (Å²) < 4.78 is 13.7. The van der Waals surface area contributed by atoms with E-state index in [-0.39, 0.29) is 5.54 Å². The van der Waals surface area contributed by atoms with Gasteiger partial charge in [-0.3, -0.25) is 0 Å². The maximum atomic E-state index is 13.7. The van der Waals surface area contributed by atoms with Crippen molar-refractivity contribution >= 4 is 11.6 Å². The SMILES string of the molecule is CC(C)(F)c1ccc(CC2(N)CC2)c(Cl)c1. The van der Waals surface area contributed by atoms with Gasteiger partial charge in [-0.05, 0) is 50.3 Å². The molecule has 1 aromatic rings. The summed E-state index contributed by atoms with van der Waals surface area (Å²) in [4.78, 5) is 0. The second kappa shape index (κ2) is 3.71. The van der Waals surface area contributed by atoms with Gasteiger partial charge in [0, 0.05) is 10.6 Å². The molecule has 88 valence electrons. The first kappa shape index (κ1) is 11.9. The van der Waals surface area contributed by atoms with Gasteiger partial charge in [0.1, 0.15) is 5.67 Å². The third-order valence-electron chi connectivity index (χ3n) is 3.17. The Morgan fingerprint density at radius 1 is 1.44 bits per heavy atom. The van der Waals surface area contributed by atoms with E-state index in [4.69, 9.17) is 17.3 Å². The molecule has 0 aliphatic heterocycles. The fourth-order valence-electron chi connectivity index (χ4n) is 1.78. The summed E-state index contributed by atoms with van der Waals surface area (Å²) in [5, 5.41) is 0.625. The van der Waals surface area contributed by atoms with Gasteiger partial charge < -0.3 is 5.73 Å². The van der Waals surface area contributed by atoms with Crippen molar-refractivity contribution in [2.45, 2.75) is 44.3 Å². The molecule has 1 fully saturated rings. The molecule has 2 rings (SSSR count). The van der Waals surface area contributed by atoms with Gasteiger partial charge in [0.2, 0.25) is 0 Å². The van der Waals surface area contributed by atoms with Crippen LogP contribution in [0.1, 0.15) is 37.8 Å². The van der Waals surface area contributed by atoms with E-state index in [9.17, 15) is 4.39 Å². The van der Waals surface area contributed by atoms with E-state index in [0.717, 1.165) is 24.8 Å². The number of nitrogens with two attached hydrogens (primary N) is 1. The highest BCUT2D eigenvalue weighted by Crippen LogP contribution is 2.38. The fraction of sp³-hybridized carbons (Fsp3) is 0.538. The molecule has 0 atom stereocenters. The Labute approximate surface area is 101 Å². The van der Waals surface area contributed by atoms with Gasteiger partial charge in [-0.1, -0.05) is 23.7 Å². The zero-order chi connectivity index (χ0) is 12.0. The average molecular weight is 242 g/mol. The molecular formula is C13H17ClFN. The zero-order valence-corrected chi connectivity index (χ0v) is 10.4. The van der Waals surface area contributed by atoms with Gasteiger partial charge in [0.25, 0.3) is 0 Å². The number of halogens is 2. The number of alkyl halides is 1. The van der Waals surface area contributed by atoms with Crippen LogP contribution in [0.5, 0.6) is 0 Å². The largest absolute Gasteiger partial charge is 0.325 e. The first-order valence-electron chi connectivity index (χ1n) is 5.57. The first-order chi connectivity index (χ1) is 7.30. The van der Waals surface area contributed by atoms with Crippen LogP contribution in [0.2, 0.25) is 5.02 Å². The predicted octanol–water partition coefficient (Wildman–Crippen LogP) is 3.58. The Balaban J connectivity index is 2.23. The molecule has 1 aliphatic carbocycles. The van der Waals surface area contributed by atoms with Crippen LogP contribution in [0.15, 0.2) is 18.2 Å². The molecule has 1 aromatic carbocycles. The molecule has 2 N–H and O–H groups in total. The third-order valence-corrected chi connectivity index (χ3v) is 3.53. The molecule has 3 heteroatoms. The van der Waals surface area contributed by atoms with E-state index in [1.54, 1.807) is 12.1 Å². The minimum Gasteiger partial charge on any atom is -0.325 e. The summed E-state index contributed by atoms with van der Waals surface area (Å²) >= 11 is 6.15. The van der Waals surface area contributed by atoms with Crippen molar-refractivity contribution in [1.29, 1.82) is 0 Å². The zero-order valence-electron chi connectivity index (χ0n) is 9.69. The summed E-state index contributed by atoms with van der Waals surface area (Å²) in [6.45, 7) is 3.06. The lowest BCUT2D eigenvalue weighted by molar-refractivity contribution is 0.221. The lowest BCUT2D eigenvalue weighted by Gasteiger charge is -2.17.